The fraction of sp³-hybridized carbons (Fsp3) is 0.900. The Bertz CT molecular complexity index is 343. The molecule has 0 atom stereocenters. The molecule has 1 fully saturated rings. The molecule has 1 heterocycles. The summed E-state index contributed by atoms with van der Waals surface area (Å²) < 4.78 is 27.6. The minimum absolute atomic E-state index is 0.0329. The lowest BCUT2D eigenvalue weighted by atomic mass is 9.95. The molecule has 0 saturated carbocycles. The lowest BCUT2D eigenvalue weighted by Gasteiger charge is -2.30. The Morgan fingerprint density at radius 1 is 1.31 bits per heavy atom. The quantitative estimate of drug-likeness (QED) is 0.789. The van der Waals surface area contributed by atoms with Crippen molar-refractivity contribution in [3.63, 3.8) is 0 Å². The van der Waals surface area contributed by atoms with Crippen molar-refractivity contribution in [2.45, 2.75) is 39.7 Å². The summed E-state index contributed by atoms with van der Waals surface area (Å²) in [6.45, 7) is 6.03. The number of carbonyl (C=O) groups is 1. The fourth-order valence-electron chi connectivity index (χ4n) is 1.88. The maximum absolute atomic E-state index is 11.8. The molecule has 0 bridgehead atoms. The van der Waals surface area contributed by atoms with Crippen molar-refractivity contribution < 1.29 is 13.2 Å². The number of hydrogen-bond acceptors (Lipinski definition) is 3. The van der Waals surface area contributed by atoms with E-state index in [1.807, 2.05) is 0 Å². The van der Waals surface area contributed by atoms with Crippen LogP contribution in [0.3, 0.4) is 0 Å². The van der Waals surface area contributed by atoms with Crippen LogP contribution in [0, 0.1) is 5.92 Å². The van der Waals surface area contributed by atoms with Gasteiger partial charge in [-0.3, -0.25) is 4.79 Å². The summed E-state index contributed by atoms with van der Waals surface area (Å²) in [5, 5.41) is 0. The zero-order chi connectivity index (χ0) is 12.3. The molecule has 0 radical (unpaired) electrons. The molecule has 5 nitrogen and oxygen atoms in total. The third kappa shape index (κ3) is 3.54. The first-order valence-electron chi connectivity index (χ1n) is 5.61. The molecule has 1 aliphatic rings. The molecule has 0 aromatic rings. The van der Waals surface area contributed by atoms with E-state index in [0.717, 1.165) is 0 Å². The van der Waals surface area contributed by atoms with Gasteiger partial charge < -0.3 is 0 Å². The van der Waals surface area contributed by atoms with Crippen molar-refractivity contribution in [2.75, 3.05) is 13.1 Å². The average molecular weight is 248 g/mol. The van der Waals surface area contributed by atoms with Gasteiger partial charge in [-0.05, 0) is 33.6 Å². The second kappa shape index (κ2) is 5.25. The first-order valence-corrected chi connectivity index (χ1v) is 7.05. The van der Waals surface area contributed by atoms with Gasteiger partial charge in [0.05, 0.1) is 0 Å². The molecule has 0 unspecified atom stereocenters. The monoisotopic (exact) mass is 248 g/mol. The van der Waals surface area contributed by atoms with Crippen LogP contribution in [-0.4, -0.2) is 37.6 Å². The molecule has 1 saturated heterocycles. The number of piperidine rings is 1. The van der Waals surface area contributed by atoms with Crippen LogP contribution in [0.4, 0.5) is 0 Å². The minimum Gasteiger partial charge on any atom is -0.300 e. The molecule has 1 aliphatic heterocycles. The number of rotatable bonds is 4. The van der Waals surface area contributed by atoms with Crippen molar-refractivity contribution in [3.05, 3.63) is 0 Å². The average Bonchev–Trinajstić information content (AvgIpc) is 2.16. The van der Waals surface area contributed by atoms with Gasteiger partial charge in [-0.2, -0.15) is 17.4 Å². The van der Waals surface area contributed by atoms with Gasteiger partial charge in [0.15, 0.2) is 0 Å². The molecular weight excluding hydrogens is 228 g/mol. The van der Waals surface area contributed by atoms with E-state index in [2.05, 4.69) is 4.72 Å². The van der Waals surface area contributed by atoms with Gasteiger partial charge in [0.2, 0.25) is 0 Å². The first-order chi connectivity index (χ1) is 7.33. The molecule has 1 rings (SSSR count). The van der Waals surface area contributed by atoms with Gasteiger partial charge >= 0.3 is 0 Å². The van der Waals surface area contributed by atoms with Gasteiger partial charge in [-0.25, -0.2) is 0 Å². The maximum atomic E-state index is 11.8. The van der Waals surface area contributed by atoms with Crippen LogP contribution >= 0.6 is 0 Å². The van der Waals surface area contributed by atoms with Gasteiger partial charge in [0.25, 0.3) is 10.2 Å². The molecule has 1 N–H and O–H groups in total. The van der Waals surface area contributed by atoms with Crippen molar-refractivity contribution in [3.8, 4) is 0 Å². The Kier molecular flexibility index (Phi) is 4.46. The van der Waals surface area contributed by atoms with Crippen LogP contribution in [0.2, 0.25) is 0 Å². The molecule has 0 aromatic carbocycles. The molecule has 0 aliphatic carbocycles. The number of nitrogens with one attached hydrogen (secondary N) is 1. The van der Waals surface area contributed by atoms with E-state index in [4.69, 9.17) is 0 Å². The first kappa shape index (κ1) is 13.6. The molecule has 6 heteroatoms. The molecular formula is C10H20N2O3S. The van der Waals surface area contributed by atoms with E-state index in [0.29, 0.717) is 25.9 Å². The smallest absolute Gasteiger partial charge is 0.279 e. The number of Topliss-reactive ketones (excluding diaryl/α,β-unsaturated/α-hetero) is 1. The summed E-state index contributed by atoms with van der Waals surface area (Å²) in [7, 11) is -3.36. The van der Waals surface area contributed by atoms with E-state index >= 15 is 0 Å². The normalized spacial score (nSPS) is 20.2. The van der Waals surface area contributed by atoms with Crippen LogP contribution in [0.1, 0.15) is 33.6 Å². The molecule has 0 spiro atoms. The maximum Gasteiger partial charge on any atom is 0.279 e. The topological polar surface area (TPSA) is 66.5 Å². The molecule has 0 amide bonds. The number of nitrogens with zero attached hydrogens (tertiary/aromatic N) is 1. The van der Waals surface area contributed by atoms with Crippen LogP contribution in [0.15, 0.2) is 0 Å². The highest BCUT2D eigenvalue weighted by Gasteiger charge is 2.29. The fourth-order valence-corrected chi connectivity index (χ4v) is 3.31. The summed E-state index contributed by atoms with van der Waals surface area (Å²) in [6.07, 6.45) is 1.27. The number of carbonyl (C=O) groups excluding carboxylic acids is 1. The van der Waals surface area contributed by atoms with Crippen LogP contribution in [0.5, 0.6) is 0 Å². The molecule has 0 aromatic heterocycles. The van der Waals surface area contributed by atoms with Gasteiger partial charge in [0, 0.05) is 25.0 Å². The highest BCUT2D eigenvalue weighted by Crippen LogP contribution is 2.19. The van der Waals surface area contributed by atoms with Crippen LogP contribution in [-0.2, 0) is 15.0 Å². The predicted octanol–water partition coefficient (Wildman–Crippen LogP) is 0.530. The molecule has 16 heavy (non-hydrogen) atoms. The Labute approximate surface area is 97.4 Å². The van der Waals surface area contributed by atoms with E-state index < -0.39 is 10.2 Å². The highest BCUT2D eigenvalue weighted by atomic mass is 32.2. The SMILES string of the molecule is CC(=O)C1CCN(S(=O)(=O)NC(C)C)CC1. The highest BCUT2D eigenvalue weighted by molar-refractivity contribution is 7.87. The number of ketones is 1. The minimum atomic E-state index is -3.36. The lowest BCUT2D eigenvalue weighted by Crippen LogP contribution is -2.47. The lowest BCUT2D eigenvalue weighted by molar-refractivity contribution is -0.121. The summed E-state index contributed by atoms with van der Waals surface area (Å²) in [4.78, 5) is 11.1. The zero-order valence-electron chi connectivity index (χ0n) is 10.1. The van der Waals surface area contributed by atoms with E-state index in [1.54, 1.807) is 20.8 Å². The summed E-state index contributed by atoms with van der Waals surface area (Å²) in [5.74, 6) is 0.194. The summed E-state index contributed by atoms with van der Waals surface area (Å²) in [5.41, 5.74) is 0. The molecule has 94 valence electrons. The van der Waals surface area contributed by atoms with Gasteiger partial charge in [-0.1, -0.05) is 0 Å². The van der Waals surface area contributed by atoms with Crippen molar-refractivity contribution >= 4 is 16.0 Å². The Morgan fingerprint density at radius 2 is 1.81 bits per heavy atom. The van der Waals surface area contributed by atoms with Gasteiger partial charge in [0.1, 0.15) is 5.78 Å². The second-order valence-electron chi connectivity index (χ2n) is 4.56. The third-order valence-corrected chi connectivity index (χ3v) is 4.57. The Hall–Kier alpha value is -0.460. The standard InChI is InChI=1S/C10H20N2O3S/c1-8(2)11-16(14,15)12-6-4-10(5-7-12)9(3)13/h8,10-11H,4-7H2,1-3H3. The van der Waals surface area contributed by atoms with Crippen LogP contribution in [0.25, 0.3) is 0 Å². The van der Waals surface area contributed by atoms with E-state index in [-0.39, 0.29) is 17.7 Å². The zero-order valence-corrected chi connectivity index (χ0v) is 10.9. The summed E-state index contributed by atoms with van der Waals surface area (Å²) in [6, 6.07) is -0.101. The van der Waals surface area contributed by atoms with Crippen molar-refractivity contribution in [2.24, 2.45) is 5.92 Å². The van der Waals surface area contributed by atoms with Crippen molar-refractivity contribution in [1.29, 1.82) is 0 Å². The second-order valence-corrected chi connectivity index (χ2v) is 6.26. The Morgan fingerprint density at radius 3 is 2.19 bits per heavy atom. The number of hydrogen-bond donors (Lipinski definition) is 1. The van der Waals surface area contributed by atoms with Crippen molar-refractivity contribution in [1.82, 2.24) is 9.03 Å². The predicted molar refractivity (Wildman–Crippen MR) is 62.2 cm³/mol. The Balaban J connectivity index is 2.56. The van der Waals surface area contributed by atoms with Gasteiger partial charge in [-0.15, -0.1) is 0 Å². The largest absolute Gasteiger partial charge is 0.300 e. The van der Waals surface area contributed by atoms with E-state index in [9.17, 15) is 13.2 Å². The van der Waals surface area contributed by atoms with E-state index in [1.165, 1.54) is 4.31 Å². The summed E-state index contributed by atoms with van der Waals surface area (Å²) >= 11 is 0. The van der Waals surface area contributed by atoms with Crippen LogP contribution < -0.4 is 4.72 Å². The third-order valence-electron chi connectivity index (χ3n) is 2.75.